The van der Waals surface area contributed by atoms with Crippen molar-refractivity contribution < 1.29 is 14.4 Å². The van der Waals surface area contributed by atoms with Gasteiger partial charge in [-0.3, -0.25) is 19.5 Å². The van der Waals surface area contributed by atoms with E-state index in [0.717, 1.165) is 16.0 Å². The van der Waals surface area contributed by atoms with Gasteiger partial charge in [-0.15, -0.1) is 0 Å². The molecule has 0 spiro atoms. The lowest BCUT2D eigenvalue weighted by Crippen LogP contribution is -2.44. The molecule has 1 atom stereocenters. The Bertz CT molecular complexity index is 805. The van der Waals surface area contributed by atoms with Gasteiger partial charge in [0.05, 0.1) is 6.04 Å². The molecule has 26 heavy (non-hydrogen) atoms. The van der Waals surface area contributed by atoms with Crippen molar-refractivity contribution in [3.05, 3.63) is 52.5 Å². The summed E-state index contributed by atoms with van der Waals surface area (Å²) in [5, 5.41) is 9.49. The first kappa shape index (κ1) is 18.1. The fraction of sp³-hybridized carbons (Fsp3) is 0.333. The first-order valence-electron chi connectivity index (χ1n) is 8.21. The van der Waals surface area contributed by atoms with Gasteiger partial charge in [0.15, 0.2) is 0 Å². The van der Waals surface area contributed by atoms with Crippen LogP contribution in [0.5, 0.6) is 0 Å². The van der Waals surface area contributed by atoms with Crippen molar-refractivity contribution in [2.75, 3.05) is 6.54 Å². The fourth-order valence-electron chi connectivity index (χ4n) is 2.82. The average molecular weight is 372 g/mol. The third kappa shape index (κ3) is 3.91. The highest BCUT2D eigenvalue weighted by Crippen LogP contribution is 2.20. The molecule has 2 N–H and O–H groups in total. The first-order chi connectivity index (χ1) is 12.4. The number of imide groups is 1. The van der Waals surface area contributed by atoms with Crippen molar-refractivity contribution >= 4 is 29.2 Å². The van der Waals surface area contributed by atoms with Crippen molar-refractivity contribution in [1.29, 1.82) is 0 Å². The van der Waals surface area contributed by atoms with Crippen LogP contribution < -0.4 is 10.6 Å². The monoisotopic (exact) mass is 372 g/mol. The molecule has 1 fully saturated rings. The number of hydrogen-bond acceptors (Lipinski definition) is 5. The summed E-state index contributed by atoms with van der Waals surface area (Å²) >= 11 is 1.59. The van der Waals surface area contributed by atoms with Crippen LogP contribution in [0.2, 0.25) is 0 Å². The molecule has 136 valence electrons. The number of hydrogen-bond donors (Lipinski definition) is 2. The minimum Gasteiger partial charge on any atom is -0.347 e. The number of pyridine rings is 1. The third-order valence-corrected chi connectivity index (χ3v) is 4.92. The molecule has 1 aliphatic heterocycles. The van der Waals surface area contributed by atoms with Crippen LogP contribution in [-0.2, 0) is 16.0 Å². The standard InChI is InChI=1S/C18H20N4O3S/c1-18(2)16(24)22(17(25)21-18)10-15(23)20-14(8-12-5-7-26-11-12)13-4-3-6-19-9-13/h3-7,9,11,14H,8,10H2,1-2H3,(H,20,23)(H,21,25). The Labute approximate surface area is 155 Å². The van der Waals surface area contributed by atoms with E-state index in [0.29, 0.717) is 6.42 Å². The highest BCUT2D eigenvalue weighted by molar-refractivity contribution is 7.07. The zero-order chi connectivity index (χ0) is 18.7. The van der Waals surface area contributed by atoms with E-state index < -0.39 is 23.4 Å². The molecule has 3 rings (SSSR count). The highest BCUT2D eigenvalue weighted by atomic mass is 32.1. The lowest BCUT2D eigenvalue weighted by atomic mass is 10.0. The molecule has 2 aromatic heterocycles. The number of amides is 4. The van der Waals surface area contributed by atoms with Gasteiger partial charge in [0.1, 0.15) is 12.1 Å². The van der Waals surface area contributed by atoms with E-state index in [1.165, 1.54) is 0 Å². The van der Waals surface area contributed by atoms with E-state index in [9.17, 15) is 14.4 Å². The Morgan fingerprint density at radius 2 is 2.19 bits per heavy atom. The molecular formula is C18H20N4O3S. The summed E-state index contributed by atoms with van der Waals surface area (Å²) in [6, 6.07) is 4.86. The van der Waals surface area contributed by atoms with E-state index in [-0.39, 0.29) is 12.6 Å². The van der Waals surface area contributed by atoms with Crippen LogP contribution >= 0.6 is 11.3 Å². The molecule has 0 aliphatic carbocycles. The minimum absolute atomic E-state index is 0.292. The van der Waals surface area contributed by atoms with E-state index in [1.54, 1.807) is 37.6 Å². The molecule has 2 aromatic rings. The quantitative estimate of drug-likeness (QED) is 0.758. The number of carbonyl (C=O) groups excluding carboxylic acids is 3. The molecule has 7 nitrogen and oxygen atoms in total. The van der Waals surface area contributed by atoms with Gasteiger partial charge in [0, 0.05) is 12.4 Å². The maximum absolute atomic E-state index is 12.5. The molecule has 1 unspecified atom stereocenters. The predicted octanol–water partition coefficient (Wildman–Crippen LogP) is 1.87. The number of nitrogens with zero attached hydrogens (tertiary/aromatic N) is 2. The summed E-state index contributed by atoms with van der Waals surface area (Å²) in [5.41, 5.74) is 0.974. The zero-order valence-corrected chi connectivity index (χ0v) is 15.4. The van der Waals surface area contributed by atoms with Gasteiger partial charge in [-0.25, -0.2) is 4.79 Å². The largest absolute Gasteiger partial charge is 0.347 e. The Balaban J connectivity index is 1.71. The Morgan fingerprint density at radius 1 is 1.38 bits per heavy atom. The van der Waals surface area contributed by atoms with Gasteiger partial charge in [-0.1, -0.05) is 6.07 Å². The number of urea groups is 1. The van der Waals surface area contributed by atoms with Crippen molar-refractivity contribution in [3.63, 3.8) is 0 Å². The molecule has 1 aliphatic rings. The summed E-state index contributed by atoms with van der Waals surface area (Å²) in [6.07, 6.45) is 3.98. The van der Waals surface area contributed by atoms with Crippen LogP contribution in [0.4, 0.5) is 4.79 Å². The molecule has 3 heterocycles. The Hall–Kier alpha value is -2.74. The number of nitrogens with one attached hydrogen (secondary N) is 2. The number of aromatic nitrogens is 1. The summed E-state index contributed by atoms with van der Waals surface area (Å²) in [6.45, 7) is 2.91. The van der Waals surface area contributed by atoms with E-state index in [1.807, 2.05) is 29.0 Å². The second kappa shape index (κ2) is 7.25. The molecular weight excluding hydrogens is 352 g/mol. The third-order valence-electron chi connectivity index (χ3n) is 4.19. The van der Waals surface area contributed by atoms with Crippen molar-refractivity contribution in [3.8, 4) is 0 Å². The van der Waals surface area contributed by atoms with Crippen LogP contribution in [0.1, 0.15) is 31.0 Å². The van der Waals surface area contributed by atoms with Crippen LogP contribution in [0.15, 0.2) is 41.4 Å². The minimum atomic E-state index is -0.989. The second-order valence-corrected chi connectivity index (χ2v) is 7.47. The summed E-state index contributed by atoms with van der Waals surface area (Å²) in [4.78, 5) is 41.8. The van der Waals surface area contributed by atoms with Crippen molar-refractivity contribution in [2.24, 2.45) is 0 Å². The number of carbonyl (C=O) groups is 3. The summed E-state index contributed by atoms with van der Waals surface area (Å²) in [5.74, 6) is -0.802. The molecule has 8 heteroatoms. The molecule has 4 amide bonds. The number of rotatable bonds is 6. The van der Waals surface area contributed by atoms with Crippen LogP contribution in [0, 0.1) is 0 Å². The Morgan fingerprint density at radius 3 is 2.77 bits per heavy atom. The van der Waals surface area contributed by atoms with E-state index >= 15 is 0 Å². The summed E-state index contributed by atoms with van der Waals surface area (Å²) < 4.78 is 0. The van der Waals surface area contributed by atoms with E-state index in [4.69, 9.17) is 0 Å². The maximum Gasteiger partial charge on any atom is 0.325 e. The molecule has 1 saturated heterocycles. The van der Waals surface area contributed by atoms with Gasteiger partial charge in [0.25, 0.3) is 5.91 Å². The number of thiophene rings is 1. The highest BCUT2D eigenvalue weighted by Gasteiger charge is 2.44. The first-order valence-corrected chi connectivity index (χ1v) is 9.15. The smallest absolute Gasteiger partial charge is 0.325 e. The normalized spacial score (nSPS) is 17.1. The van der Waals surface area contributed by atoms with Crippen LogP contribution in [-0.4, -0.2) is 39.8 Å². The fourth-order valence-corrected chi connectivity index (χ4v) is 3.51. The van der Waals surface area contributed by atoms with Crippen LogP contribution in [0.25, 0.3) is 0 Å². The van der Waals surface area contributed by atoms with Gasteiger partial charge in [-0.2, -0.15) is 11.3 Å². The van der Waals surface area contributed by atoms with Crippen molar-refractivity contribution in [2.45, 2.75) is 31.8 Å². The SMILES string of the molecule is CC1(C)NC(=O)N(CC(=O)NC(Cc2ccsc2)c2cccnc2)C1=O. The van der Waals surface area contributed by atoms with E-state index in [2.05, 4.69) is 15.6 Å². The van der Waals surface area contributed by atoms with Gasteiger partial charge in [0.2, 0.25) is 5.91 Å². The molecule has 0 aromatic carbocycles. The van der Waals surface area contributed by atoms with Gasteiger partial charge >= 0.3 is 6.03 Å². The lowest BCUT2D eigenvalue weighted by molar-refractivity contribution is -0.134. The Kier molecular flexibility index (Phi) is 5.03. The summed E-state index contributed by atoms with van der Waals surface area (Å²) in [7, 11) is 0. The van der Waals surface area contributed by atoms with Gasteiger partial charge < -0.3 is 10.6 Å². The van der Waals surface area contributed by atoms with Crippen molar-refractivity contribution in [1.82, 2.24) is 20.5 Å². The predicted molar refractivity (Wildman–Crippen MR) is 97.5 cm³/mol. The molecule has 0 saturated carbocycles. The van der Waals surface area contributed by atoms with Crippen LogP contribution in [0.3, 0.4) is 0 Å². The molecule has 0 radical (unpaired) electrons. The van der Waals surface area contributed by atoms with Gasteiger partial charge in [-0.05, 0) is 54.3 Å². The second-order valence-electron chi connectivity index (χ2n) is 6.69. The lowest BCUT2D eigenvalue weighted by Gasteiger charge is -2.21. The maximum atomic E-state index is 12.5. The topological polar surface area (TPSA) is 91.4 Å². The average Bonchev–Trinajstić information content (AvgIpc) is 3.17. The zero-order valence-electron chi connectivity index (χ0n) is 14.6. The molecule has 0 bridgehead atoms.